The first-order chi connectivity index (χ1) is 13.2. The van der Waals surface area contributed by atoms with Crippen LogP contribution >= 0.6 is 0 Å². The molecule has 0 bridgehead atoms. The molecule has 0 unspecified atom stereocenters. The number of nitrogens with two attached hydrogens (primary N) is 1. The van der Waals surface area contributed by atoms with Crippen molar-refractivity contribution in [1.29, 1.82) is 0 Å². The maximum atomic E-state index is 12.5. The lowest BCUT2D eigenvalue weighted by atomic mass is 10.0. The second kappa shape index (κ2) is 11.1. The van der Waals surface area contributed by atoms with Gasteiger partial charge in [0.2, 0.25) is 0 Å². The van der Waals surface area contributed by atoms with E-state index in [1.165, 1.54) is 0 Å². The number of carbonyl (C=O) groups excluding carboxylic acids is 1. The lowest BCUT2D eigenvalue weighted by molar-refractivity contribution is 0.0993. The topological polar surface area (TPSA) is 70.8 Å². The second-order valence-corrected chi connectivity index (χ2v) is 5.87. The number of halogens is 1. The quantitative estimate of drug-likeness (QED) is 0.483. The van der Waals surface area contributed by atoms with E-state index in [-0.39, 0.29) is 25.4 Å². The Morgan fingerprint density at radius 2 is 1.85 bits per heavy atom. The molecular formula is C21H24FNO4. The van der Waals surface area contributed by atoms with Crippen molar-refractivity contribution < 1.29 is 23.4 Å². The summed E-state index contributed by atoms with van der Waals surface area (Å²) in [5.74, 6) is 1.24. The van der Waals surface area contributed by atoms with Crippen molar-refractivity contribution in [2.75, 3.05) is 33.5 Å². The van der Waals surface area contributed by atoms with Gasteiger partial charge in [0.15, 0.2) is 5.78 Å². The zero-order valence-corrected chi connectivity index (χ0v) is 15.3. The van der Waals surface area contributed by atoms with Gasteiger partial charge in [-0.25, -0.2) is 4.39 Å². The molecule has 5 nitrogen and oxygen atoms in total. The van der Waals surface area contributed by atoms with Crippen LogP contribution in [0.4, 0.5) is 4.39 Å². The predicted molar refractivity (Wildman–Crippen MR) is 102 cm³/mol. The fourth-order valence-corrected chi connectivity index (χ4v) is 2.32. The lowest BCUT2D eigenvalue weighted by Crippen LogP contribution is -2.11. The van der Waals surface area contributed by atoms with Crippen LogP contribution < -0.4 is 15.2 Å². The minimum Gasteiger partial charge on any atom is -0.491 e. The van der Waals surface area contributed by atoms with Crippen LogP contribution in [0.3, 0.4) is 0 Å². The first-order valence-corrected chi connectivity index (χ1v) is 8.61. The zero-order chi connectivity index (χ0) is 19.5. The minimum absolute atomic E-state index is 0.0121. The number of benzene rings is 2. The van der Waals surface area contributed by atoms with E-state index in [0.29, 0.717) is 42.2 Å². The van der Waals surface area contributed by atoms with Gasteiger partial charge >= 0.3 is 0 Å². The maximum absolute atomic E-state index is 12.5. The highest BCUT2D eigenvalue weighted by Crippen LogP contribution is 2.18. The van der Waals surface area contributed by atoms with Crippen LogP contribution in [0.1, 0.15) is 15.9 Å². The van der Waals surface area contributed by atoms with E-state index in [2.05, 4.69) is 0 Å². The van der Waals surface area contributed by atoms with Crippen LogP contribution in [-0.2, 0) is 11.2 Å². The van der Waals surface area contributed by atoms with Crippen LogP contribution in [0.2, 0.25) is 0 Å². The van der Waals surface area contributed by atoms with Crippen LogP contribution in [0, 0.1) is 0 Å². The van der Waals surface area contributed by atoms with E-state index in [1.807, 2.05) is 24.3 Å². The molecule has 2 rings (SSSR count). The average molecular weight is 373 g/mol. The summed E-state index contributed by atoms with van der Waals surface area (Å²) in [6.45, 7) is 1.14. The standard InChI is InChI=1S/C21H24FNO4/c1-25-9-10-26-20-4-2-3-16(11-20)12-21(24)18-5-7-19(8-6-18)27-15-17(13-22)14-23/h2-8,11,13H,9-10,12,14-15,23H2,1H3/b17-13+. The van der Waals surface area contributed by atoms with Crippen molar-refractivity contribution in [3.63, 3.8) is 0 Å². The highest BCUT2D eigenvalue weighted by atomic mass is 19.1. The number of Topliss-reactive ketones (excluding diaryl/α,β-unsaturated/α-hetero) is 1. The summed E-state index contributed by atoms with van der Waals surface area (Å²) in [5.41, 5.74) is 7.19. The summed E-state index contributed by atoms with van der Waals surface area (Å²) in [5, 5.41) is 0. The average Bonchev–Trinajstić information content (AvgIpc) is 2.70. The molecule has 0 aromatic heterocycles. The van der Waals surface area contributed by atoms with Gasteiger partial charge in [-0.1, -0.05) is 12.1 Å². The summed E-state index contributed by atoms with van der Waals surface area (Å²) < 4.78 is 28.4. The van der Waals surface area contributed by atoms with E-state index < -0.39 is 0 Å². The normalized spacial score (nSPS) is 11.3. The highest BCUT2D eigenvalue weighted by molar-refractivity contribution is 5.97. The predicted octanol–water partition coefficient (Wildman–Crippen LogP) is 3.33. The number of carbonyl (C=O) groups is 1. The first kappa shape index (κ1) is 20.6. The number of hydrogen-bond donors (Lipinski definition) is 1. The Labute approximate surface area is 158 Å². The molecule has 0 saturated carbocycles. The lowest BCUT2D eigenvalue weighted by Gasteiger charge is -2.09. The van der Waals surface area contributed by atoms with Crippen LogP contribution in [0.25, 0.3) is 0 Å². The number of ketones is 1. The molecule has 0 atom stereocenters. The van der Waals surface area contributed by atoms with Gasteiger partial charge in [0.1, 0.15) is 24.7 Å². The Balaban J connectivity index is 1.93. The molecule has 27 heavy (non-hydrogen) atoms. The van der Waals surface area contributed by atoms with Crippen LogP contribution in [0.15, 0.2) is 60.4 Å². The van der Waals surface area contributed by atoms with Gasteiger partial charge in [0, 0.05) is 31.2 Å². The fraction of sp³-hybridized carbons (Fsp3) is 0.286. The third kappa shape index (κ3) is 6.84. The summed E-state index contributed by atoms with van der Waals surface area (Å²) in [7, 11) is 1.61. The summed E-state index contributed by atoms with van der Waals surface area (Å²) in [6.07, 6.45) is 0.717. The van der Waals surface area contributed by atoms with Gasteiger partial charge in [0.05, 0.1) is 12.9 Å². The molecule has 144 valence electrons. The van der Waals surface area contributed by atoms with E-state index in [4.69, 9.17) is 19.9 Å². The molecule has 0 saturated heterocycles. The Morgan fingerprint density at radius 1 is 1.07 bits per heavy atom. The van der Waals surface area contributed by atoms with E-state index in [1.54, 1.807) is 31.4 Å². The number of methoxy groups -OCH3 is 1. The number of rotatable bonds is 11. The third-order valence-electron chi connectivity index (χ3n) is 3.84. The molecule has 0 amide bonds. The molecule has 0 aliphatic heterocycles. The van der Waals surface area contributed by atoms with E-state index in [0.717, 1.165) is 5.56 Å². The fourth-order valence-electron chi connectivity index (χ4n) is 2.32. The van der Waals surface area contributed by atoms with Gasteiger partial charge in [-0.15, -0.1) is 0 Å². The molecule has 2 aromatic rings. The highest BCUT2D eigenvalue weighted by Gasteiger charge is 2.09. The van der Waals surface area contributed by atoms with Crippen molar-refractivity contribution in [3.8, 4) is 11.5 Å². The Kier molecular flexibility index (Phi) is 8.48. The summed E-state index contributed by atoms with van der Waals surface area (Å²) in [4.78, 5) is 12.5. The molecule has 0 aliphatic rings. The van der Waals surface area contributed by atoms with Crippen molar-refractivity contribution in [1.82, 2.24) is 0 Å². The Morgan fingerprint density at radius 3 is 2.52 bits per heavy atom. The summed E-state index contributed by atoms with van der Waals surface area (Å²) >= 11 is 0. The third-order valence-corrected chi connectivity index (χ3v) is 3.84. The zero-order valence-electron chi connectivity index (χ0n) is 15.3. The molecule has 0 aliphatic carbocycles. The first-order valence-electron chi connectivity index (χ1n) is 8.61. The van der Waals surface area contributed by atoms with Gasteiger partial charge in [0.25, 0.3) is 0 Å². The molecular weight excluding hydrogens is 349 g/mol. The molecule has 0 radical (unpaired) electrons. The molecule has 2 aromatic carbocycles. The molecule has 0 spiro atoms. The van der Waals surface area contributed by atoms with Gasteiger partial charge in [-0.2, -0.15) is 0 Å². The molecule has 6 heteroatoms. The SMILES string of the molecule is COCCOc1cccc(CC(=O)c2ccc(OC/C(=C/F)CN)cc2)c1. The van der Waals surface area contributed by atoms with Crippen LogP contribution in [0.5, 0.6) is 11.5 Å². The van der Waals surface area contributed by atoms with Crippen molar-refractivity contribution in [2.45, 2.75) is 6.42 Å². The molecule has 0 heterocycles. The van der Waals surface area contributed by atoms with E-state index in [9.17, 15) is 9.18 Å². The van der Waals surface area contributed by atoms with Crippen LogP contribution in [-0.4, -0.2) is 39.3 Å². The minimum atomic E-state index is -0.0121. The maximum Gasteiger partial charge on any atom is 0.167 e. The monoisotopic (exact) mass is 373 g/mol. The van der Waals surface area contributed by atoms with Gasteiger partial charge < -0.3 is 19.9 Å². The van der Waals surface area contributed by atoms with Gasteiger partial charge in [-0.05, 0) is 42.0 Å². The second-order valence-electron chi connectivity index (χ2n) is 5.87. The Hall–Kier alpha value is -2.70. The number of ether oxygens (including phenoxy) is 3. The Bertz CT molecular complexity index is 759. The van der Waals surface area contributed by atoms with Crippen molar-refractivity contribution >= 4 is 5.78 Å². The smallest absolute Gasteiger partial charge is 0.167 e. The number of hydrogen-bond acceptors (Lipinski definition) is 5. The molecule has 0 fully saturated rings. The van der Waals surface area contributed by atoms with E-state index >= 15 is 0 Å². The molecule has 2 N–H and O–H groups in total. The van der Waals surface area contributed by atoms with Crippen molar-refractivity contribution in [3.05, 3.63) is 71.6 Å². The summed E-state index contributed by atoms with van der Waals surface area (Å²) in [6, 6.07) is 14.2. The van der Waals surface area contributed by atoms with Gasteiger partial charge in [-0.3, -0.25) is 4.79 Å². The largest absolute Gasteiger partial charge is 0.491 e. The van der Waals surface area contributed by atoms with Crippen molar-refractivity contribution in [2.24, 2.45) is 5.73 Å².